The van der Waals surface area contributed by atoms with E-state index in [0.717, 1.165) is 47.9 Å². The van der Waals surface area contributed by atoms with Gasteiger partial charge in [0.1, 0.15) is 0 Å². The van der Waals surface area contributed by atoms with Crippen molar-refractivity contribution < 1.29 is 13.2 Å². The molecule has 2 N–H and O–H groups in total. The number of aryl methyl sites for hydroxylation is 3. The fraction of sp³-hybridized carbons (Fsp3) is 0.480. The van der Waals surface area contributed by atoms with Gasteiger partial charge in [-0.15, -0.1) is 0 Å². The topological polar surface area (TPSA) is 75.3 Å². The lowest BCUT2D eigenvalue weighted by molar-refractivity contribution is -0.126. The number of rotatable bonds is 7. The van der Waals surface area contributed by atoms with Gasteiger partial charge in [0.25, 0.3) is 0 Å². The summed E-state index contributed by atoms with van der Waals surface area (Å²) in [5.41, 5.74) is 3.71. The van der Waals surface area contributed by atoms with Crippen LogP contribution in [0.15, 0.2) is 47.4 Å². The van der Waals surface area contributed by atoms with Gasteiger partial charge in [0.15, 0.2) is 0 Å². The zero-order valence-electron chi connectivity index (χ0n) is 18.9. The average molecular weight is 443 g/mol. The molecule has 1 saturated carbocycles. The lowest BCUT2D eigenvalue weighted by atomic mass is 9.81. The van der Waals surface area contributed by atoms with Gasteiger partial charge in [-0.1, -0.05) is 48.0 Å². The van der Waals surface area contributed by atoms with E-state index >= 15 is 0 Å². The van der Waals surface area contributed by atoms with Crippen LogP contribution >= 0.6 is 0 Å². The van der Waals surface area contributed by atoms with Gasteiger partial charge in [0, 0.05) is 12.5 Å². The summed E-state index contributed by atoms with van der Waals surface area (Å²) in [7, 11) is -3.54. The van der Waals surface area contributed by atoms with Crippen molar-refractivity contribution in [1.29, 1.82) is 0 Å². The van der Waals surface area contributed by atoms with Crippen molar-refractivity contribution in [3.63, 3.8) is 0 Å². The Morgan fingerprint density at radius 3 is 2.16 bits per heavy atom. The van der Waals surface area contributed by atoms with Crippen molar-refractivity contribution in [1.82, 2.24) is 10.0 Å². The Kier molecular flexibility index (Phi) is 7.55. The zero-order chi connectivity index (χ0) is 22.6. The summed E-state index contributed by atoms with van der Waals surface area (Å²) in [4.78, 5) is 13.1. The SMILES string of the molecule is Cc1cc(C)c(S(=O)(=O)NCC2CCC(C(=O)N[C@@H](C)c3ccccc3)CC2)c(C)c1. The van der Waals surface area contributed by atoms with Crippen LogP contribution in [-0.2, 0) is 14.8 Å². The second-order valence-electron chi connectivity index (χ2n) is 8.94. The summed E-state index contributed by atoms with van der Waals surface area (Å²) in [6, 6.07) is 13.8. The van der Waals surface area contributed by atoms with Gasteiger partial charge in [-0.25, -0.2) is 13.1 Å². The van der Waals surface area contributed by atoms with Crippen LogP contribution in [0.1, 0.15) is 60.9 Å². The standard InChI is InChI=1S/C25H34N2O3S/c1-17-14-18(2)24(19(3)15-17)31(29,30)26-16-21-10-12-23(13-11-21)25(28)27-20(4)22-8-6-5-7-9-22/h5-9,14-15,20-21,23,26H,10-13,16H2,1-4H3,(H,27,28)/t20-,21?,23?/m0/s1. The van der Waals surface area contributed by atoms with Crippen molar-refractivity contribution >= 4 is 15.9 Å². The normalized spacial score (nSPS) is 20.3. The third kappa shape index (κ3) is 5.95. The van der Waals surface area contributed by atoms with Crippen LogP contribution < -0.4 is 10.0 Å². The molecule has 2 aromatic carbocycles. The fourth-order valence-electron chi connectivity index (χ4n) is 4.68. The number of benzene rings is 2. The zero-order valence-corrected chi connectivity index (χ0v) is 19.8. The molecule has 5 nitrogen and oxygen atoms in total. The monoisotopic (exact) mass is 442 g/mol. The van der Waals surface area contributed by atoms with E-state index in [2.05, 4.69) is 10.0 Å². The van der Waals surface area contributed by atoms with Gasteiger partial charge in [0.05, 0.1) is 10.9 Å². The van der Waals surface area contributed by atoms with Gasteiger partial charge in [-0.05, 0) is 76.0 Å². The molecule has 168 valence electrons. The van der Waals surface area contributed by atoms with E-state index in [9.17, 15) is 13.2 Å². The van der Waals surface area contributed by atoms with Crippen molar-refractivity contribution in [3.05, 3.63) is 64.7 Å². The Bertz CT molecular complexity index is 987. The van der Waals surface area contributed by atoms with Crippen LogP contribution in [0, 0.1) is 32.6 Å². The van der Waals surface area contributed by atoms with Crippen LogP contribution in [0.4, 0.5) is 0 Å². The summed E-state index contributed by atoms with van der Waals surface area (Å²) < 4.78 is 28.6. The van der Waals surface area contributed by atoms with Gasteiger partial charge < -0.3 is 5.32 Å². The van der Waals surface area contributed by atoms with Crippen molar-refractivity contribution in [2.24, 2.45) is 11.8 Å². The highest BCUT2D eigenvalue weighted by atomic mass is 32.2. The molecule has 0 aliphatic heterocycles. The minimum atomic E-state index is -3.54. The van der Waals surface area contributed by atoms with Gasteiger partial charge in [0.2, 0.25) is 15.9 Å². The minimum absolute atomic E-state index is 0.000562. The summed E-state index contributed by atoms with van der Waals surface area (Å²) >= 11 is 0. The third-order valence-corrected chi connectivity index (χ3v) is 8.04. The molecule has 1 fully saturated rings. The van der Waals surface area contributed by atoms with E-state index in [1.165, 1.54) is 0 Å². The maximum Gasteiger partial charge on any atom is 0.241 e. The second-order valence-corrected chi connectivity index (χ2v) is 10.6. The quantitative estimate of drug-likeness (QED) is 0.659. The molecule has 31 heavy (non-hydrogen) atoms. The van der Waals surface area contributed by atoms with Crippen molar-refractivity contribution in [3.8, 4) is 0 Å². The molecule has 0 heterocycles. The van der Waals surface area contributed by atoms with Crippen LogP contribution in [0.5, 0.6) is 0 Å². The van der Waals surface area contributed by atoms with E-state index in [1.54, 1.807) is 0 Å². The first-order valence-electron chi connectivity index (χ1n) is 11.1. The third-order valence-electron chi connectivity index (χ3n) is 6.31. The smallest absolute Gasteiger partial charge is 0.241 e. The molecular formula is C25H34N2O3S. The number of amides is 1. The van der Waals surface area contributed by atoms with Crippen LogP contribution in [0.2, 0.25) is 0 Å². The van der Waals surface area contributed by atoms with Crippen molar-refractivity contribution in [2.45, 2.75) is 64.3 Å². The average Bonchev–Trinajstić information content (AvgIpc) is 2.72. The molecule has 0 saturated heterocycles. The summed E-state index contributed by atoms with van der Waals surface area (Å²) in [6.07, 6.45) is 3.29. The molecule has 0 spiro atoms. The molecule has 3 rings (SSSR count). The highest BCUT2D eigenvalue weighted by Gasteiger charge is 2.28. The molecule has 0 aromatic heterocycles. The van der Waals surface area contributed by atoms with E-state index in [1.807, 2.05) is 70.2 Å². The number of hydrogen-bond acceptors (Lipinski definition) is 3. The minimum Gasteiger partial charge on any atom is -0.349 e. The summed E-state index contributed by atoms with van der Waals surface area (Å²) in [6.45, 7) is 8.08. The Morgan fingerprint density at radius 2 is 1.58 bits per heavy atom. The molecule has 6 heteroatoms. The predicted molar refractivity (Wildman–Crippen MR) is 124 cm³/mol. The molecular weight excluding hydrogens is 408 g/mol. The summed E-state index contributed by atoms with van der Waals surface area (Å²) in [5, 5.41) is 3.13. The van der Waals surface area contributed by atoms with Crippen molar-refractivity contribution in [2.75, 3.05) is 6.54 Å². The van der Waals surface area contributed by atoms with Gasteiger partial charge in [-0.2, -0.15) is 0 Å². The first-order valence-corrected chi connectivity index (χ1v) is 12.6. The maximum atomic E-state index is 12.9. The van der Waals surface area contributed by atoms with E-state index in [4.69, 9.17) is 0 Å². The Labute approximate surface area is 186 Å². The largest absolute Gasteiger partial charge is 0.349 e. The molecule has 0 bridgehead atoms. The highest BCUT2D eigenvalue weighted by Crippen LogP contribution is 2.30. The number of carbonyl (C=O) groups excluding carboxylic acids is 1. The fourth-order valence-corrected chi connectivity index (χ4v) is 6.24. The van der Waals surface area contributed by atoms with Gasteiger partial charge >= 0.3 is 0 Å². The molecule has 1 amide bonds. The molecule has 2 aromatic rings. The van der Waals surface area contributed by atoms with E-state index in [0.29, 0.717) is 11.4 Å². The Morgan fingerprint density at radius 1 is 1.00 bits per heavy atom. The van der Waals surface area contributed by atoms with E-state index < -0.39 is 10.0 Å². The number of hydrogen-bond donors (Lipinski definition) is 2. The van der Waals surface area contributed by atoms with Crippen LogP contribution in [-0.4, -0.2) is 20.9 Å². The molecule has 1 atom stereocenters. The highest BCUT2D eigenvalue weighted by molar-refractivity contribution is 7.89. The number of carbonyl (C=O) groups is 1. The molecule has 1 aliphatic rings. The number of nitrogens with one attached hydrogen (secondary N) is 2. The van der Waals surface area contributed by atoms with Crippen LogP contribution in [0.25, 0.3) is 0 Å². The Balaban J connectivity index is 1.51. The predicted octanol–water partition coefficient (Wildman–Crippen LogP) is 4.57. The van der Waals surface area contributed by atoms with Crippen LogP contribution in [0.3, 0.4) is 0 Å². The second kappa shape index (κ2) is 9.96. The van der Waals surface area contributed by atoms with E-state index in [-0.39, 0.29) is 23.8 Å². The first-order chi connectivity index (χ1) is 14.7. The molecule has 1 aliphatic carbocycles. The lowest BCUT2D eigenvalue weighted by Crippen LogP contribution is -2.37. The maximum absolute atomic E-state index is 12.9. The Hall–Kier alpha value is -2.18. The molecule has 0 unspecified atom stereocenters. The molecule has 0 radical (unpaired) electrons. The lowest BCUT2D eigenvalue weighted by Gasteiger charge is -2.29. The summed E-state index contributed by atoms with van der Waals surface area (Å²) in [5.74, 6) is 0.360. The number of sulfonamides is 1. The first kappa shape index (κ1) is 23.5. The van der Waals surface area contributed by atoms with Gasteiger partial charge in [-0.3, -0.25) is 4.79 Å².